The largest absolute Gasteiger partial charge is 0.479 e. The molecule has 0 saturated heterocycles. The van der Waals surface area contributed by atoms with Crippen molar-refractivity contribution in [3.05, 3.63) is 95.6 Å². The van der Waals surface area contributed by atoms with E-state index in [-0.39, 0.29) is 12.5 Å². The molecule has 0 aliphatic heterocycles. The van der Waals surface area contributed by atoms with Crippen molar-refractivity contribution in [1.29, 1.82) is 0 Å². The molecule has 2 atom stereocenters. The molecule has 1 unspecified atom stereocenters. The quantitative estimate of drug-likeness (QED) is 0.421. The second-order valence-corrected chi connectivity index (χ2v) is 8.50. The summed E-state index contributed by atoms with van der Waals surface area (Å²) >= 11 is 0. The summed E-state index contributed by atoms with van der Waals surface area (Å²) in [6.45, 7) is 2.01. The van der Waals surface area contributed by atoms with Gasteiger partial charge in [0.1, 0.15) is 12.6 Å². The summed E-state index contributed by atoms with van der Waals surface area (Å²) in [7, 11) is 0. The number of ether oxygens (including phenoxy) is 1. The first-order chi connectivity index (χ1) is 17.0. The maximum Gasteiger partial charge on any atom is 0.407 e. The van der Waals surface area contributed by atoms with Crippen LogP contribution in [0.3, 0.4) is 0 Å². The summed E-state index contributed by atoms with van der Waals surface area (Å²) < 4.78 is 5.56. The average molecular weight is 473 g/mol. The monoisotopic (exact) mass is 472 g/mol. The highest BCUT2D eigenvalue weighted by molar-refractivity contribution is 5.89. The minimum absolute atomic E-state index is 0.0962. The number of fused-ring (bicyclic) bond motifs is 3. The summed E-state index contributed by atoms with van der Waals surface area (Å²) in [6.07, 6.45) is 0.245. The molecule has 1 aliphatic carbocycles. The predicted molar refractivity (Wildman–Crippen MR) is 132 cm³/mol. The fourth-order valence-electron chi connectivity index (χ4n) is 4.52. The number of amides is 2. The first-order valence-electron chi connectivity index (χ1n) is 11.7. The average Bonchev–Trinajstić information content (AvgIpc) is 3.19. The number of carbonyl (C=O) groups is 3. The van der Waals surface area contributed by atoms with Crippen LogP contribution >= 0.6 is 0 Å². The molecule has 1 aliphatic rings. The number of nitrogens with one attached hydrogen (secondary N) is 2. The van der Waals surface area contributed by atoms with Gasteiger partial charge in [-0.05, 0) is 34.2 Å². The second-order valence-electron chi connectivity index (χ2n) is 8.50. The molecular formula is C28H28N2O5. The molecule has 3 aromatic carbocycles. The number of rotatable bonds is 9. The Kier molecular flexibility index (Phi) is 7.45. The highest BCUT2D eigenvalue weighted by Gasteiger charge is 2.30. The summed E-state index contributed by atoms with van der Waals surface area (Å²) in [5.41, 5.74) is 4.89. The van der Waals surface area contributed by atoms with E-state index in [4.69, 9.17) is 4.74 Å². The molecular weight excluding hydrogens is 444 g/mol. The lowest BCUT2D eigenvalue weighted by molar-refractivity contribution is -0.142. The maximum atomic E-state index is 12.9. The lowest BCUT2D eigenvalue weighted by Gasteiger charge is -2.22. The number of carboxylic acids is 1. The molecule has 0 saturated carbocycles. The van der Waals surface area contributed by atoms with Crippen molar-refractivity contribution in [2.75, 3.05) is 6.61 Å². The van der Waals surface area contributed by atoms with E-state index in [2.05, 4.69) is 22.8 Å². The van der Waals surface area contributed by atoms with Gasteiger partial charge in [0, 0.05) is 5.92 Å². The van der Waals surface area contributed by atoms with Crippen LogP contribution in [0.15, 0.2) is 78.9 Å². The van der Waals surface area contributed by atoms with Crippen molar-refractivity contribution in [1.82, 2.24) is 10.6 Å². The van der Waals surface area contributed by atoms with E-state index in [0.717, 1.165) is 22.3 Å². The van der Waals surface area contributed by atoms with E-state index in [0.29, 0.717) is 18.4 Å². The summed E-state index contributed by atoms with van der Waals surface area (Å²) in [4.78, 5) is 37.3. The van der Waals surface area contributed by atoms with Gasteiger partial charge >= 0.3 is 12.1 Å². The van der Waals surface area contributed by atoms with Crippen LogP contribution in [-0.2, 0) is 14.3 Å². The molecule has 3 N–H and O–H groups in total. The molecule has 4 rings (SSSR count). The Labute approximate surface area is 204 Å². The zero-order chi connectivity index (χ0) is 24.8. The third kappa shape index (κ3) is 5.35. The number of benzene rings is 3. The van der Waals surface area contributed by atoms with Crippen molar-refractivity contribution < 1.29 is 24.2 Å². The van der Waals surface area contributed by atoms with Crippen molar-refractivity contribution in [2.24, 2.45) is 0 Å². The molecule has 0 spiro atoms. The molecule has 0 heterocycles. The standard InChI is InChI=1S/C28H28N2O5/c1-2-10-24(26(31)30-25(27(32)33)18-11-4-3-5-12-18)29-28(34)35-17-23-21-15-8-6-13-19(21)20-14-7-9-16-22(20)23/h3-9,11-16,23-25H,2,10,17H2,1H3,(H,29,34)(H,30,31)(H,32,33)/t24-,25?/m0/s1. The Hall–Kier alpha value is -4.13. The van der Waals surface area contributed by atoms with E-state index in [9.17, 15) is 19.5 Å². The van der Waals surface area contributed by atoms with E-state index >= 15 is 0 Å². The van der Waals surface area contributed by atoms with Crippen LogP contribution in [-0.4, -0.2) is 35.7 Å². The van der Waals surface area contributed by atoms with Crippen LogP contribution in [0.2, 0.25) is 0 Å². The topological polar surface area (TPSA) is 105 Å². The van der Waals surface area contributed by atoms with Crippen molar-refractivity contribution >= 4 is 18.0 Å². The summed E-state index contributed by atoms with van der Waals surface area (Å²) in [5, 5.41) is 14.8. The molecule has 35 heavy (non-hydrogen) atoms. The smallest absolute Gasteiger partial charge is 0.407 e. The van der Waals surface area contributed by atoms with Crippen LogP contribution in [0, 0.1) is 0 Å². The predicted octanol–water partition coefficient (Wildman–Crippen LogP) is 4.64. The molecule has 180 valence electrons. The van der Waals surface area contributed by atoms with Crippen LogP contribution in [0.4, 0.5) is 4.79 Å². The van der Waals surface area contributed by atoms with Gasteiger partial charge < -0.3 is 20.5 Å². The van der Waals surface area contributed by atoms with Gasteiger partial charge in [0.25, 0.3) is 0 Å². The number of aliphatic carboxylic acids is 1. The Morgan fingerprint density at radius 2 is 1.43 bits per heavy atom. The molecule has 3 aromatic rings. The minimum Gasteiger partial charge on any atom is -0.479 e. The van der Waals surface area contributed by atoms with Crippen molar-refractivity contribution in [2.45, 2.75) is 37.8 Å². The van der Waals surface area contributed by atoms with E-state index in [1.165, 1.54) is 0 Å². The molecule has 7 heteroatoms. The number of carboxylic acid groups (broad SMARTS) is 1. The van der Waals surface area contributed by atoms with Crippen molar-refractivity contribution in [3.8, 4) is 11.1 Å². The normalized spacial score (nSPS) is 13.7. The lowest BCUT2D eigenvalue weighted by atomic mass is 9.98. The van der Waals surface area contributed by atoms with Crippen molar-refractivity contribution in [3.63, 3.8) is 0 Å². The highest BCUT2D eigenvalue weighted by atomic mass is 16.5. The van der Waals surface area contributed by atoms with Gasteiger partial charge in [-0.15, -0.1) is 0 Å². The van der Waals surface area contributed by atoms with Gasteiger partial charge in [0.2, 0.25) is 5.91 Å². The fraction of sp³-hybridized carbons (Fsp3) is 0.250. The Morgan fingerprint density at radius 1 is 0.857 bits per heavy atom. The van der Waals surface area contributed by atoms with Crippen LogP contribution < -0.4 is 10.6 Å². The molecule has 7 nitrogen and oxygen atoms in total. The molecule has 0 fully saturated rings. The summed E-state index contributed by atoms with van der Waals surface area (Å²) in [6, 6.07) is 22.4. The van der Waals surface area contributed by atoms with Gasteiger partial charge in [0.15, 0.2) is 6.04 Å². The van der Waals surface area contributed by atoms with Gasteiger partial charge in [-0.1, -0.05) is 92.2 Å². The van der Waals surface area contributed by atoms with Crippen LogP contribution in [0.5, 0.6) is 0 Å². The van der Waals surface area contributed by atoms with E-state index < -0.39 is 30.1 Å². The zero-order valence-corrected chi connectivity index (χ0v) is 19.4. The van der Waals surface area contributed by atoms with E-state index in [1.54, 1.807) is 30.3 Å². The zero-order valence-electron chi connectivity index (χ0n) is 19.4. The fourth-order valence-corrected chi connectivity index (χ4v) is 4.52. The maximum absolute atomic E-state index is 12.9. The SMILES string of the molecule is CCC[C@H](NC(=O)OCC1c2ccccc2-c2ccccc21)C(=O)NC(C(=O)O)c1ccccc1. The Bertz CT molecular complexity index is 1170. The van der Waals surface area contributed by atoms with Crippen LogP contribution in [0.1, 0.15) is 48.4 Å². The molecule has 0 bridgehead atoms. The minimum atomic E-state index is -1.22. The highest BCUT2D eigenvalue weighted by Crippen LogP contribution is 2.44. The first kappa shape index (κ1) is 24.0. The first-order valence-corrected chi connectivity index (χ1v) is 11.7. The number of hydrogen-bond acceptors (Lipinski definition) is 4. The number of alkyl carbamates (subject to hydrolysis) is 1. The van der Waals surface area contributed by atoms with Gasteiger partial charge in [-0.3, -0.25) is 4.79 Å². The van der Waals surface area contributed by atoms with E-state index in [1.807, 2.05) is 43.3 Å². The van der Waals surface area contributed by atoms with Gasteiger partial charge in [-0.2, -0.15) is 0 Å². The Balaban J connectivity index is 1.41. The third-order valence-corrected chi connectivity index (χ3v) is 6.20. The number of carbonyl (C=O) groups excluding carboxylic acids is 2. The van der Waals surface area contributed by atoms with Gasteiger partial charge in [-0.25, -0.2) is 9.59 Å². The number of hydrogen-bond donors (Lipinski definition) is 3. The van der Waals surface area contributed by atoms with Crippen LogP contribution in [0.25, 0.3) is 11.1 Å². The Morgan fingerprint density at radius 3 is 2.00 bits per heavy atom. The van der Waals surface area contributed by atoms with Gasteiger partial charge in [0.05, 0.1) is 0 Å². The summed E-state index contributed by atoms with van der Waals surface area (Å²) in [5.74, 6) is -1.85. The lowest BCUT2D eigenvalue weighted by Crippen LogP contribution is -2.49. The molecule has 0 radical (unpaired) electrons. The molecule has 0 aromatic heterocycles. The second kappa shape index (κ2) is 10.9. The third-order valence-electron chi connectivity index (χ3n) is 6.20. The molecule has 2 amide bonds.